The van der Waals surface area contributed by atoms with Crippen LogP contribution in [-0.4, -0.2) is 9.13 Å². The summed E-state index contributed by atoms with van der Waals surface area (Å²) < 4.78 is 7.16. The molecule has 57 heavy (non-hydrogen) atoms. The molecule has 4 heteroatoms. The van der Waals surface area contributed by atoms with Gasteiger partial charge in [-0.25, -0.2) is 0 Å². The number of nitrogens with zero attached hydrogens (tertiary/aromatic N) is 3. The first kappa shape index (κ1) is 37.2. The summed E-state index contributed by atoms with van der Waals surface area (Å²) in [5.41, 5.74) is 12.2. The van der Waals surface area contributed by atoms with Crippen LogP contribution in [-0.2, 0) is 21.7 Å². The van der Waals surface area contributed by atoms with E-state index in [0.29, 0.717) is 5.56 Å². The topological polar surface area (TPSA) is 33.6 Å². The van der Waals surface area contributed by atoms with E-state index >= 15 is 0 Å². The molecule has 0 saturated carbocycles. The average Bonchev–Trinajstić information content (AvgIpc) is 3.79. The second-order valence-electron chi connectivity index (χ2n) is 20.3. The number of fused-ring (bicyclic) bond motifs is 9. The quantitative estimate of drug-likeness (QED) is 0.173. The Morgan fingerprint density at radius 3 is 1.21 bits per heavy atom. The van der Waals surface area contributed by atoms with Crippen LogP contribution in [0, 0.1) is 11.3 Å². The fourth-order valence-electron chi connectivity index (χ4n) is 8.78. The average molecular weight is 764 g/mol. The molecule has 0 saturated heterocycles. The van der Waals surface area contributed by atoms with Crippen molar-refractivity contribution in [2.75, 3.05) is 0 Å². The molecule has 0 fully saturated rings. The summed E-state index contributed by atoms with van der Waals surface area (Å²) >= 11 is 1.77. The van der Waals surface area contributed by atoms with Gasteiger partial charge in [0.15, 0.2) is 0 Å². The van der Waals surface area contributed by atoms with Crippen molar-refractivity contribution in [1.82, 2.24) is 9.13 Å². The van der Waals surface area contributed by atoms with E-state index in [2.05, 4.69) is 201 Å². The fraction of sp³-hybridized carbons (Fsp3) is 0.302. The second-order valence-corrected chi connectivity index (χ2v) is 21.4. The largest absolute Gasteiger partial charge is 0.307 e. The Labute approximate surface area is 341 Å². The molecule has 0 unspecified atom stereocenters. The van der Waals surface area contributed by atoms with Crippen molar-refractivity contribution in [2.24, 2.45) is 0 Å². The Balaban J connectivity index is 1.52. The minimum absolute atomic E-state index is 0.0137. The standard InChI is InChI=1S/C53H53N3S/c1-50(2,3)31-17-21-41-36(25-31)37-26-32(51(4,5)6)18-22-42(37)55(41)45-29-47-48(35-15-13-14-16-46(35)57-47)40(30-54)49(45)56-43-23-19-33(52(7,8)9)27-38(43)39-28-34(53(10,11)12)20-24-44(39)56/h13-29H,1-12H3. The van der Waals surface area contributed by atoms with Crippen LogP contribution >= 0.6 is 11.3 Å². The number of hydrogen-bond donors (Lipinski definition) is 0. The van der Waals surface area contributed by atoms with E-state index in [1.54, 1.807) is 11.3 Å². The van der Waals surface area contributed by atoms with E-state index in [1.807, 2.05) is 0 Å². The van der Waals surface area contributed by atoms with Gasteiger partial charge in [-0.05, 0) is 105 Å². The number of thiophene rings is 1. The lowest BCUT2D eigenvalue weighted by molar-refractivity contribution is 0.590. The Hall–Kier alpha value is -5.37. The molecule has 3 nitrogen and oxygen atoms in total. The second kappa shape index (κ2) is 12.3. The predicted molar refractivity (Wildman–Crippen MR) is 248 cm³/mol. The molecule has 0 amide bonds. The number of benzene rings is 6. The van der Waals surface area contributed by atoms with Gasteiger partial charge in [-0.3, -0.25) is 0 Å². The SMILES string of the molecule is CC(C)(C)c1ccc2c(c1)c1cc(C(C)(C)C)ccc1n2-c1cc2sc3ccccc3c2c(C#N)c1-n1c2ccc(C(C)(C)C)cc2c2cc(C(C)(C)C)ccc21. The normalized spacial score (nSPS) is 13.2. The van der Waals surface area contributed by atoms with E-state index in [9.17, 15) is 5.26 Å². The van der Waals surface area contributed by atoms with Crippen molar-refractivity contribution in [2.45, 2.75) is 105 Å². The van der Waals surface area contributed by atoms with Gasteiger partial charge in [0.1, 0.15) is 6.07 Å². The third-order valence-electron chi connectivity index (χ3n) is 12.2. The maximum Gasteiger partial charge on any atom is 0.102 e. The molecule has 6 aromatic carbocycles. The van der Waals surface area contributed by atoms with Crippen LogP contribution in [0.3, 0.4) is 0 Å². The molecule has 0 bridgehead atoms. The molecule has 0 radical (unpaired) electrons. The Kier molecular flexibility index (Phi) is 8.04. The smallest absolute Gasteiger partial charge is 0.102 e. The molecule has 0 aliphatic carbocycles. The molecule has 0 atom stereocenters. The van der Waals surface area contributed by atoms with Gasteiger partial charge in [0.05, 0.1) is 39.0 Å². The zero-order valence-electron chi connectivity index (χ0n) is 35.6. The van der Waals surface area contributed by atoms with E-state index in [-0.39, 0.29) is 21.7 Å². The highest BCUT2D eigenvalue weighted by Crippen LogP contribution is 2.47. The molecule has 0 spiro atoms. The number of aromatic nitrogens is 2. The molecule has 9 rings (SSSR count). The van der Waals surface area contributed by atoms with Crippen LogP contribution in [0.15, 0.2) is 103 Å². The minimum Gasteiger partial charge on any atom is -0.307 e. The van der Waals surface area contributed by atoms with Crippen molar-refractivity contribution >= 4 is 75.1 Å². The van der Waals surface area contributed by atoms with Crippen molar-refractivity contribution in [3.05, 3.63) is 131 Å². The molecule has 0 aliphatic heterocycles. The van der Waals surface area contributed by atoms with E-state index in [4.69, 9.17) is 0 Å². The van der Waals surface area contributed by atoms with Crippen molar-refractivity contribution in [3.8, 4) is 17.4 Å². The van der Waals surface area contributed by atoms with Crippen LogP contribution in [0.25, 0.3) is 75.2 Å². The van der Waals surface area contributed by atoms with Gasteiger partial charge >= 0.3 is 0 Å². The maximum absolute atomic E-state index is 11.6. The lowest BCUT2D eigenvalue weighted by Gasteiger charge is -2.22. The highest BCUT2D eigenvalue weighted by atomic mass is 32.1. The Bertz CT molecular complexity index is 3020. The fourth-order valence-corrected chi connectivity index (χ4v) is 9.93. The summed E-state index contributed by atoms with van der Waals surface area (Å²) in [5.74, 6) is 0. The maximum atomic E-state index is 11.6. The summed E-state index contributed by atoms with van der Waals surface area (Å²) in [5, 5.41) is 18.6. The van der Waals surface area contributed by atoms with Crippen LogP contribution in [0.4, 0.5) is 0 Å². The minimum atomic E-state index is -0.0253. The van der Waals surface area contributed by atoms with Gasteiger partial charge in [0.25, 0.3) is 0 Å². The number of rotatable bonds is 2. The summed E-state index contributed by atoms with van der Waals surface area (Å²) in [6, 6.07) is 41.8. The Morgan fingerprint density at radius 1 is 0.439 bits per heavy atom. The van der Waals surface area contributed by atoms with Crippen LogP contribution < -0.4 is 0 Å². The highest BCUT2D eigenvalue weighted by molar-refractivity contribution is 7.25. The van der Waals surface area contributed by atoms with Crippen molar-refractivity contribution in [1.29, 1.82) is 5.26 Å². The van der Waals surface area contributed by atoms with E-state index in [1.165, 1.54) is 48.5 Å². The summed E-state index contributed by atoms with van der Waals surface area (Å²) in [6.07, 6.45) is 0. The van der Waals surface area contributed by atoms with Gasteiger partial charge < -0.3 is 9.13 Å². The predicted octanol–water partition coefficient (Wildman–Crippen LogP) is 15.3. The third-order valence-corrected chi connectivity index (χ3v) is 13.3. The van der Waals surface area contributed by atoms with Crippen molar-refractivity contribution in [3.63, 3.8) is 0 Å². The summed E-state index contributed by atoms with van der Waals surface area (Å²) in [7, 11) is 0. The summed E-state index contributed by atoms with van der Waals surface area (Å²) in [4.78, 5) is 0. The third kappa shape index (κ3) is 5.80. The first-order valence-electron chi connectivity index (χ1n) is 20.3. The number of hydrogen-bond acceptors (Lipinski definition) is 2. The Morgan fingerprint density at radius 2 is 0.825 bits per heavy atom. The zero-order chi connectivity index (χ0) is 40.6. The monoisotopic (exact) mass is 763 g/mol. The lowest BCUT2D eigenvalue weighted by Crippen LogP contribution is -2.11. The van der Waals surface area contributed by atoms with E-state index in [0.717, 1.165) is 48.9 Å². The molecule has 0 N–H and O–H groups in total. The molecular formula is C53H53N3S. The van der Waals surface area contributed by atoms with Gasteiger partial charge in [0.2, 0.25) is 0 Å². The number of nitriles is 1. The van der Waals surface area contributed by atoms with Crippen LogP contribution in [0.1, 0.15) is 111 Å². The molecule has 3 aromatic heterocycles. The first-order valence-corrected chi connectivity index (χ1v) is 21.1. The zero-order valence-corrected chi connectivity index (χ0v) is 36.4. The molecule has 3 heterocycles. The van der Waals surface area contributed by atoms with Crippen LogP contribution in [0.2, 0.25) is 0 Å². The highest BCUT2D eigenvalue weighted by Gasteiger charge is 2.28. The van der Waals surface area contributed by atoms with Gasteiger partial charge in [-0.1, -0.05) is 126 Å². The van der Waals surface area contributed by atoms with Gasteiger partial charge in [0, 0.05) is 41.7 Å². The van der Waals surface area contributed by atoms with Crippen molar-refractivity contribution < 1.29 is 0 Å². The molecule has 0 aliphatic rings. The summed E-state index contributed by atoms with van der Waals surface area (Å²) in [6.45, 7) is 27.5. The molecule has 286 valence electrons. The first-order chi connectivity index (χ1) is 26.8. The van der Waals surface area contributed by atoms with Gasteiger partial charge in [-0.2, -0.15) is 5.26 Å². The lowest BCUT2D eigenvalue weighted by atomic mass is 9.85. The molecular weight excluding hydrogens is 711 g/mol. The van der Waals surface area contributed by atoms with E-state index < -0.39 is 0 Å². The van der Waals surface area contributed by atoms with Gasteiger partial charge in [-0.15, -0.1) is 11.3 Å². The molecule has 9 aromatic rings. The van der Waals surface area contributed by atoms with Crippen LogP contribution in [0.5, 0.6) is 0 Å².